The largest absolute Gasteiger partial charge is 0.396 e. The van der Waals surface area contributed by atoms with Gasteiger partial charge < -0.3 is 11.1 Å². The fraction of sp³-hybridized carbons (Fsp3) is 0.364. The molecule has 18 heavy (non-hydrogen) atoms. The third-order valence-electron chi connectivity index (χ3n) is 2.37. The van der Waals surface area contributed by atoms with Gasteiger partial charge in [0.25, 0.3) is 0 Å². The lowest BCUT2D eigenvalue weighted by Gasteiger charge is -2.04. The molecule has 0 radical (unpaired) electrons. The number of amides is 1. The van der Waals surface area contributed by atoms with Crippen molar-refractivity contribution in [3.63, 3.8) is 0 Å². The molecule has 0 unspecified atom stereocenters. The third kappa shape index (κ3) is 2.88. The molecule has 2 rings (SSSR count). The first kappa shape index (κ1) is 12.2. The smallest absolute Gasteiger partial charge is 0.246 e. The lowest BCUT2D eigenvalue weighted by Crippen LogP contribution is -2.18. The van der Waals surface area contributed by atoms with Crippen molar-refractivity contribution >= 4 is 17.3 Å². The third-order valence-corrected chi connectivity index (χ3v) is 2.37. The average Bonchev–Trinajstić information content (AvgIpc) is 2.88. The van der Waals surface area contributed by atoms with Crippen molar-refractivity contribution in [2.45, 2.75) is 26.4 Å². The van der Waals surface area contributed by atoms with Gasteiger partial charge in [-0.25, -0.2) is 0 Å². The van der Waals surface area contributed by atoms with Gasteiger partial charge in [0.05, 0.1) is 23.8 Å². The van der Waals surface area contributed by atoms with E-state index in [1.165, 1.54) is 10.9 Å². The zero-order valence-electron chi connectivity index (χ0n) is 10.4. The summed E-state index contributed by atoms with van der Waals surface area (Å²) in [7, 11) is 0. The van der Waals surface area contributed by atoms with E-state index in [0.29, 0.717) is 11.4 Å². The molecule has 96 valence electrons. The summed E-state index contributed by atoms with van der Waals surface area (Å²) < 4.78 is 3.26. The van der Waals surface area contributed by atoms with Crippen LogP contribution in [-0.4, -0.2) is 25.5 Å². The van der Waals surface area contributed by atoms with Crippen LogP contribution in [0.15, 0.2) is 24.8 Å². The maximum Gasteiger partial charge on any atom is 0.246 e. The fourth-order valence-corrected chi connectivity index (χ4v) is 1.50. The Labute approximate surface area is 105 Å². The van der Waals surface area contributed by atoms with Crippen LogP contribution >= 0.6 is 0 Å². The highest BCUT2D eigenvalue weighted by atomic mass is 16.2. The second-order valence-corrected chi connectivity index (χ2v) is 4.32. The first-order valence-corrected chi connectivity index (χ1v) is 5.66. The van der Waals surface area contributed by atoms with Crippen molar-refractivity contribution in [2.24, 2.45) is 0 Å². The number of nitrogens with two attached hydrogens (primary N) is 1. The number of rotatable bonds is 4. The molecule has 0 aliphatic rings. The van der Waals surface area contributed by atoms with Crippen LogP contribution in [0.3, 0.4) is 0 Å². The average molecular weight is 248 g/mol. The van der Waals surface area contributed by atoms with Gasteiger partial charge in [-0.2, -0.15) is 10.2 Å². The van der Waals surface area contributed by atoms with Crippen molar-refractivity contribution in [1.29, 1.82) is 0 Å². The standard InChI is InChI=1S/C11H16N6O/c1-8(2)17-6-10(4-14-17)15-11(18)7-16-5-9(12)3-13-16/h3-6,8H,7,12H2,1-2H3,(H,15,18). The summed E-state index contributed by atoms with van der Waals surface area (Å²) in [5.41, 5.74) is 6.73. The van der Waals surface area contributed by atoms with Crippen LogP contribution in [0.4, 0.5) is 11.4 Å². The Balaban J connectivity index is 1.94. The van der Waals surface area contributed by atoms with Gasteiger partial charge in [0.1, 0.15) is 6.54 Å². The molecule has 7 heteroatoms. The van der Waals surface area contributed by atoms with Crippen LogP contribution in [0.25, 0.3) is 0 Å². The number of carbonyl (C=O) groups is 1. The van der Waals surface area contributed by atoms with E-state index in [1.54, 1.807) is 23.3 Å². The Bertz CT molecular complexity index is 541. The fourth-order valence-electron chi connectivity index (χ4n) is 1.50. The second kappa shape index (κ2) is 4.91. The van der Waals surface area contributed by atoms with E-state index in [2.05, 4.69) is 15.5 Å². The molecule has 0 bridgehead atoms. The van der Waals surface area contributed by atoms with Gasteiger partial charge in [-0.1, -0.05) is 0 Å². The molecule has 0 atom stereocenters. The number of carbonyl (C=O) groups excluding carboxylic acids is 1. The molecule has 3 N–H and O–H groups in total. The first-order valence-electron chi connectivity index (χ1n) is 5.66. The summed E-state index contributed by atoms with van der Waals surface area (Å²) in [6.45, 7) is 4.17. The Morgan fingerprint density at radius 2 is 2.17 bits per heavy atom. The number of nitrogens with one attached hydrogen (secondary N) is 1. The van der Waals surface area contributed by atoms with Crippen molar-refractivity contribution in [3.05, 3.63) is 24.8 Å². The number of nitrogens with zero attached hydrogens (tertiary/aromatic N) is 4. The monoisotopic (exact) mass is 248 g/mol. The maximum absolute atomic E-state index is 11.7. The topological polar surface area (TPSA) is 90.8 Å². The predicted molar refractivity (Wildman–Crippen MR) is 67.9 cm³/mol. The molecule has 2 aromatic rings. The second-order valence-electron chi connectivity index (χ2n) is 4.32. The maximum atomic E-state index is 11.7. The van der Waals surface area contributed by atoms with E-state index in [1.807, 2.05) is 13.8 Å². The number of anilines is 2. The van der Waals surface area contributed by atoms with Crippen LogP contribution in [0.1, 0.15) is 19.9 Å². The molecule has 0 aliphatic carbocycles. The van der Waals surface area contributed by atoms with Crippen LogP contribution in [0.5, 0.6) is 0 Å². The summed E-state index contributed by atoms with van der Waals surface area (Å²) >= 11 is 0. The van der Waals surface area contributed by atoms with E-state index >= 15 is 0 Å². The van der Waals surface area contributed by atoms with Crippen LogP contribution < -0.4 is 11.1 Å². The van der Waals surface area contributed by atoms with E-state index in [-0.39, 0.29) is 18.5 Å². The van der Waals surface area contributed by atoms with Gasteiger partial charge in [0.15, 0.2) is 0 Å². The normalized spacial score (nSPS) is 10.8. The lowest BCUT2D eigenvalue weighted by molar-refractivity contribution is -0.116. The number of nitrogen functional groups attached to an aromatic ring is 1. The molecule has 0 fully saturated rings. The molecule has 7 nitrogen and oxygen atoms in total. The van der Waals surface area contributed by atoms with Crippen molar-refractivity contribution in [3.8, 4) is 0 Å². The van der Waals surface area contributed by atoms with Crippen molar-refractivity contribution in [2.75, 3.05) is 11.1 Å². The quantitative estimate of drug-likeness (QED) is 0.840. The minimum absolute atomic E-state index is 0.129. The minimum Gasteiger partial charge on any atom is -0.396 e. The highest BCUT2D eigenvalue weighted by molar-refractivity contribution is 5.90. The highest BCUT2D eigenvalue weighted by Gasteiger charge is 2.07. The first-order chi connectivity index (χ1) is 8.54. The Hall–Kier alpha value is -2.31. The molecule has 2 aromatic heterocycles. The molecule has 0 saturated heterocycles. The van der Waals surface area contributed by atoms with E-state index < -0.39 is 0 Å². The van der Waals surface area contributed by atoms with Crippen molar-refractivity contribution in [1.82, 2.24) is 19.6 Å². The van der Waals surface area contributed by atoms with Gasteiger partial charge in [-0.05, 0) is 13.8 Å². The van der Waals surface area contributed by atoms with Gasteiger partial charge in [-0.15, -0.1) is 0 Å². The molecule has 0 aromatic carbocycles. The minimum atomic E-state index is -0.165. The molecule has 1 amide bonds. The number of hydrogen-bond acceptors (Lipinski definition) is 4. The Morgan fingerprint density at radius 3 is 2.72 bits per heavy atom. The molecule has 0 spiro atoms. The van der Waals surface area contributed by atoms with Crippen molar-refractivity contribution < 1.29 is 4.79 Å². The molecular formula is C11H16N6O. The van der Waals surface area contributed by atoms with Crippen LogP contribution in [0.2, 0.25) is 0 Å². The zero-order valence-corrected chi connectivity index (χ0v) is 10.4. The van der Waals surface area contributed by atoms with E-state index in [9.17, 15) is 4.79 Å². The zero-order chi connectivity index (χ0) is 13.1. The summed E-state index contributed by atoms with van der Waals surface area (Å²) in [5, 5.41) is 10.8. The van der Waals surface area contributed by atoms with Crippen LogP contribution in [-0.2, 0) is 11.3 Å². The summed E-state index contributed by atoms with van der Waals surface area (Å²) in [6, 6.07) is 0.265. The predicted octanol–water partition coefficient (Wildman–Crippen LogP) is 0.881. The summed E-state index contributed by atoms with van der Waals surface area (Å²) in [5.74, 6) is -0.165. The van der Waals surface area contributed by atoms with Crippen LogP contribution in [0, 0.1) is 0 Å². The Kier molecular flexibility index (Phi) is 3.31. The SMILES string of the molecule is CC(C)n1cc(NC(=O)Cn2cc(N)cn2)cn1. The van der Waals surface area contributed by atoms with Gasteiger partial charge >= 0.3 is 0 Å². The molecule has 0 aliphatic heterocycles. The highest BCUT2D eigenvalue weighted by Crippen LogP contribution is 2.09. The molecular weight excluding hydrogens is 232 g/mol. The van der Waals surface area contributed by atoms with Gasteiger partial charge in [0.2, 0.25) is 5.91 Å². The number of hydrogen-bond donors (Lipinski definition) is 2. The van der Waals surface area contributed by atoms with E-state index in [4.69, 9.17) is 5.73 Å². The Morgan fingerprint density at radius 1 is 1.39 bits per heavy atom. The summed E-state index contributed by atoms with van der Waals surface area (Å²) in [6.07, 6.45) is 6.52. The molecule has 0 saturated carbocycles. The number of aromatic nitrogens is 4. The molecule has 2 heterocycles. The van der Waals surface area contributed by atoms with Gasteiger partial charge in [-0.3, -0.25) is 14.2 Å². The van der Waals surface area contributed by atoms with E-state index in [0.717, 1.165) is 0 Å². The lowest BCUT2D eigenvalue weighted by atomic mass is 10.4. The van der Waals surface area contributed by atoms with Gasteiger partial charge in [0, 0.05) is 18.4 Å². The summed E-state index contributed by atoms with van der Waals surface area (Å²) in [4.78, 5) is 11.7.